The predicted molar refractivity (Wildman–Crippen MR) is 106 cm³/mol. The number of hydrogen-bond acceptors (Lipinski definition) is 4. The van der Waals surface area contributed by atoms with Gasteiger partial charge in [-0.15, -0.1) is 0 Å². The van der Waals surface area contributed by atoms with E-state index in [0.29, 0.717) is 25.3 Å². The van der Waals surface area contributed by atoms with Crippen LogP contribution < -0.4 is 14.8 Å². The first-order valence-electron chi connectivity index (χ1n) is 9.39. The Kier molecular flexibility index (Phi) is 6.35. The average Bonchev–Trinajstić information content (AvgIpc) is 2.70. The van der Waals surface area contributed by atoms with Crippen LogP contribution in [0.2, 0.25) is 0 Å². The van der Waals surface area contributed by atoms with Crippen molar-refractivity contribution in [2.45, 2.75) is 32.9 Å². The van der Waals surface area contributed by atoms with Gasteiger partial charge in [0.15, 0.2) is 11.5 Å². The second-order valence-corrected chi connectivity index (χ2v) is 6.89. The van der Waals surface area contributed by atoms with Crippen molar-refractivity contribution in [2.75, 3.05) is 27.3 Å². The van der Waals surface area contributed by atoms with Crippen LogP contribution in [0.1, 0.15) is 28.7 Å². The normalized spacial score (nSPS) is 13.2. The van der Waals surface area contributed by atoms with E-state index < -0.39 is 0 Å². The van der Waals surface area contributed by atoms with Crippen molar-refractivity contribution in [2.24, 2.45) is 0 Å². The molecular weight excluding hydrogens is 340 g/mol. The van der Waals surface area contributed by atoms with E-state index in [1.807, 2.05) is 29.2 Å². The van der Waals surface area contributed by atoms with Crippen molar-refractivity contribution in [3.8, 4) is 11.5 Å². The molecule has 1 amide bonds. The van der Waals surface area contributed by atoms with Gasteiger partial charge in [-0.1, -0.05) is 24.3 Å². The van der Waals surface area contributed by atoms with Gasteiger partial charge in [0.25, 0.3) is 0 Å². The lowest BCUT2D eigenvalue weighted by Gasteiger charge is -2.29. The smallest absolute Gasteiger partial charge is 0.224 e. The van der Waals surface area contributed by atoms with Gasteiger partial charge in [0, 0.05) is 32.6 Å². The fourth-order valence-corrected chi connectivity index (χ4v) is 3.48. The number of aryl methyl sites for hydroxylation is 1. The van der Waals surface area contributed by atoms with Gasteiger partial charge in [-0.2, -0.15) is 0 Å². The number of amides is 1. The van der Waals surface area contributed by atoms with Crippen molar-refractivity contribution in [3.63, 3.8) is 0 Å². The van der Waals surface area contributed by atoms with Crippen molar-refractivity contribution in [1.82, 2.24) is 10.2 Å². The number of nitrogens with one attached hydrogen (secondary N) is 1. The topological polar surface area (TPSA) is 50.8 Å². The molecule has 27 heavy (non-hydrogen) atoms. The van der Waals surface area contributed by atoms with Crippen molar-refractivity contribution < 1.29 is 14.3 Å². The molecule has 0 saturated carbocycles. The van der Waals surface area contributed by atoms with Gasteiger partial charge in [0.05, 0.1) is 14.2 Å². The summed E-state index contributed by atoms with van der Waals surface area (Å²) in [4.78, 5) is 14.5. The van der Waals surface area contributed by atoms with Gasteiger partial charge in [-0.05, 0) is 47.7 Å². The molecule has 2 aromatic rings. The zero-order valence-electron chi connectivity index (χ0n) is 16.4. The molecule has 1 N–H and O–H groups in total. The molecule has 0 spiro atoms. The number of carbonyl (C=O) groups is 1. The molecule has 5 heteroatoms. The maximum Gasteiger partial charge on any atom is 0.224 e. The van der Waals surface area contributed by atoms with Crippen LogP contribution in [-0.2, 0) is 24.3 Å². The fourth-order valence-electron chi connectivity index (χ4n) is 3.48. The summed E-state index contributed by atoms with van der Waals surface area (Å²) in [5.41, 5.74) is 4.92. The molecular formula is C22H28N2O3. The van der Waals surface area contributed by atoms with Crippen LogP contribution in [0.25, 0.3) is 0 Å². The lowest BCUT2D eigenvalue weighted by Crippen LogP contribution is -2.37. The SMILES string of the molecule is COc1cc2c(cc1OC)CN(C(=O)CCNCc1ccccc1C)CC2. The highest BCUT2D eigenvalue weighted by molar-refractivity contribution is 5.76. The van der Waals surface area contributed by atoms with E-state index in [4.69, 9.17) is 9.47 Å². The third-order valence-corrected chi connectivity index (χ3v) is 5.16. The molecule has 3 rings (SSSR count). The molecule has 1 aliphatic heterocycles. The summed E-state index contributed by atoms with van der Waals surface area (Å²) in [5.74, 6) is 1.65. The summed E-state index contributed by atoms with van der Waals surface area (Å²) in [7, 11) is 3.28. The van der Waals surface area contributed by atoms with E-state index in [1.54, 1.807) is 14.2 Å². The summed E-state index contributed by atoms with van der Waals surface area (Å²) in [6.45, 7) is 4.96. The molecule has 1 aliphatic rings. The lowest BCUT2D eigenvalue weighted by atomic mass is 9.98. The number of carbonyl (C=O) groups excluding carboxylic acids is 1. The van der Waals surface area contributed by atoms with Gasteiger partial charge in [0.2, 0.25) is 5.91 Å². The molecule has 0 aromatic heterocycles. The average molecular weight is 368 g/mol. The summed E-state index contributed by atoms with van der Waals surface area (Å²) in [5, 5.41) is 3.38. The van der Waals surface area contributed by atoms with E-state index in [0.717, 1.165) is 30.8 Å². The number of ether oxygens (including phenoxy) is 2. The van der Waals surface area contributed by atoms with E-state index >= 15 is 0 Å². The molecule has 0 fully saturated rings. The van der Waals surface area contributed by atoms with Crippen LogP contribution in [0.3, 0.4) is 0 Å². The second kappa shape index (κ2) is 8.91. The number of methoxy groups -OCH3 is 2. The second-order valence-electron chi connectivity index (χ2n) is 6.89. The Balaban J connectivity index is 1.52. The summed E-state index contributed by atoms with van der Waals surface area (Å²) >= 11 is 0. The molecule has 0 atom stereocenters. The van der Waals surface area contributed by atoms with Crippen molar-refractivity contribution in [1.29, 1.82) is 0 Å². The number of hydrogen-bond donors (Lipinski definition) is 1. The Labute approximate surface area is 161 Å². The largest absolute Gasteiger partial charge is 0.493 e. The van der Waals surface area contributed by atoms with Gasteiger partial charge in [0.1, 0.15) is 0 Å². The molecule has 0 radical (unpaired) electrons. The van der Waals surface area contributed by atoms with E-state index in [2.05, 4.69) is 24.4 Å². The Bertz CT molecular complexity index is 804. The van der Waals surface area contributed by atoms with Gasteiger partial charge < -0.3 is 19.7 Å². The van der Waals surface area contributed by atoms with Crippen LogP contribution >= 0.6 is 0 Å². The Morgan fingerprint density at radius 1 is 1.11 bits per heavy atom. The predicted octanol–water partition coefficient (Wildman–Crippen LogP) is 3.08. The number of fused-ring (bicyclic) bond motifs is 1. The third-order valence-electron chi connectivity index (χ3n) is 5.16. The number of nitrogens with zero attached hydrogens (tertiary/aromatic N) is 1. The molecule has 0 unspecified atom stereocenters. The first-order chi connectivity index (χ1) is 13.1. The van der Waals surface area contributed by atoms with Crippen molar-refractivity contribution in [3.05, 3.63) is 58.7 Å². The quantitative estimate of drug-likeness (QED) is 0.763. The zero-order valence-corrected chi connectivity index (χ0v) is 16.4. The highest BCUT2D eigenvalue weighted by atomic mass is 16.5. The molecule has 0 aliphatic carbocycles. The first-order valence-corrected chi connectivity index (χ1v) is 9.39. The minimum Gasteiger partial charge on any atom is -0.493 e. The molecule has 1 heterocycles. The number of rotatable bonds is 7. The van der Waals surface area contributed by atoms with Gasteiger partial charge in [-0.3, -0.25) is 4.79 Å². The zero-order chi connectivity index (χ0) is 19.2. The van der Waals surface area contributed by atoms with Crippen LogP contribution in [0.5, 0.6) is 11.5 Å². The summed E-state index contributed by atoms with van der Waals surface area (Å²) in [6, 6.07) is 12.3. The highest BCUT2D eigenvalue weighted by Crippen LogP contribution is 2.33. The Morgan fingerprint density at radius 3 is 2.52 bits per heavy atom. The van der Waals surface area contributed by atoms with Gasteiger partial charge >= 0.3 is 0 Å². The number of benzene rings is 2. The van der Waals surface area contributed by atoms with E-state index in [-0.39, 0.29) is 5.91 Å². The maximum absolute atomic E-state index is 12.6. The molecule has 144 valence electrons. The van der Waals surface area contributed by atoms with Crippen LogP contribution in [0.15, 0.2) is 36.4 Å². The summed E-state index contributed by atoms with van der Waals surface area (Å²) < 4.78 is 10.8. The maximum atomic E-state index is 12.6. The Morgan fingerprint density at radius 2 is 1.81 bits per heavy atom. The third kappa shape index (κ3) is 4.61. The standard InChI is InChI=1S/C22H28N2O3/c1-16-6-4-5-7-18(16)14-23-10-8-22(25)24-11-9-17-12-20(26-2)21(27-3)13-19(17)15-24/h4-7,12-13,23H,8-11,14-15H2,1-3H3. The molecule has 0 bridgehead atoms. The minimum absolute atomic E-state index is 0.188. The monoisotopic (exact) mass is 368 g/mol. The lowest BCUT2D eigenvalue weighted by molar-refractivity contribution is -0.132. The van der Waals surface area contributed by atoms with Crippen LogP contribution in [0.4, 0.5) is 0 Å². The van der Waals surface area contributed by atoms with Crippen LogP contribution in [0, 0.1) is 6.92 Å². The van der Waals surface area contributed by atoms with E-state index in [1.165, 1.54) is 16.7 Å². The molecule has 0 saturated heterocycles. The van der Waals surface area contributed by atoms with E-state index in [9.17, 15) is 4.79 Å². The van der Waals surface area contributed by atoms with Crippen molar-refractivity contribution >= 4 is 5.91 Å². The Hall–Kier alpha value is -2.53. The fraction of sp³-hybridized carbons (Fsp3) is 0.409. The summed E-state index contributed by atoms with van der Waals surface area (Å²) in [6.07, 6.45) is 1.35. The minimum atomic E-state index is 0.188. The van der Waals surface area contributed by atoms with Crippen LogP contribution in [-0.4, -0.2) is 38.1 Å². The molecule has 2 aromatic carbocycles. The van der Waals surface area contributed by atoms with Gasteiger partial charge in [-0.25, -0.2) is 0 Å². The molecule has 5 nitrogen and oxygen atoms in total. The first kappa shape index (κ1) is 19.2. The highest BCUT2D eigenvalue weighted by Gasteiger charge is 2.22.